The second kappa shape index (κ2) is 7.34. The first-order chi connectivity index (χ1) is 10.1. The molecule has 0 radical (unpaired) electrons. The van der Waals surface area contributed by atoms with Gasteiger partial charge in [0.05, 0.1) is 0 Å². The first kappa shape index (κ1) is 16.4. The third-order valence-electron chi connectivity index (χ3n) is 4.62. The van der Waals surface area contributed by atoms with Crippen molar-refractivity contribution >= 4 is 0 Å². The molecule has 1 aromatic rings. The molecular weight excluding hydrogens is 265 g/mol. The molecular formula is C17H28FN3. The fourth-order valence-electron chi connectivity index (χ4n) is 3.31. The molecule has 0 amide bonds. The molecule has 118 valence electrons. The van der Waals surface area contributed by atoms with E-state index in [1.165, 1.54) is 0 Å². The van der Waals surface area contributed by atoms with Gasteiger partial charge < -0.3 is 10.6 Å². The zero-order valence-corrected chi connectivity index (χ0v) is 13.5. The predicted molar refractivity (Wildman–Crippen MR) is 85.8 cm³/mol. The van der Waals surface area contributed by atoms with Gasteiger partial charge in [-0.15, -0.1) is 0 Å². The minimum absolute atomic E-state index is 0.108. The highest BCUT2D eigenvalue weighted by atomic mass is 19.1. The van der Waals surface area contributed by atoms with Crippen LogP contribution in [0.25, 0.3) is 0 Å². The van der Waals surface area contributed by atoms with E-state index in [-0.39, 0.29) is 11.9 Å². The number of benzene rings is 1. The number of hydrogen-bond donors (Lipinski definition) is 1. The van der Waals surface area contributed by atoms with Gasteiger partial charge in [-0.25, -0.2) is 4.39 Å². The van der Waals surface area contributed by atoms with Gasteiger partial charge in [0.15, 0.2) is 0 Å². The van der Waals surface area contributed by atoms with Gasteiger partial charge >= 0.3 is 0 Å². The summed E-state index contributed by atoms with van der Waals surface area (Å²) in [5.41, 5.74) is 7.74. The van der Waals surface area contributed by atoms with Gasteiger partial charge in [-0.2, -0.15) is 0 Å². The summed E-state index contributed by atoms with van der Waals surface area (Å²) in [5.74, 6) is -0.133. The van der Waals surface area contributed by atoms with Gasteiger partial charge in [0, 0.05) is 31.7 Å². The molecule has 0 aliphatic carbocycles. The number of halogens is 1. The van der Waals surface area contributed by atoms with Crippen molar-refractivity contribution in [1.82, 2.24) is 9.80 Å². The van der Waals surface area contributed by atoms with Crippen LogP contribution in [0.5, 0.6) is 0 Å². The van der Waals surface area contributed by atoms with Gasteiger partial charge in [0.25, 0.3) is 0 Å². The predicted octanol–water partition coefficient (Wildman–Crippen LogP) is 2.55. The van der Waals surface area contributed by atoms with Gasteiger partial charge in [-0.1, -0.05) is 19.1 Å². The molecule has 0 aromatic heterocycles. The molecule has 2 rings (SSSR count). The van der Waals surface area contributed by atoms with Crippen LogP contribution in [-0.4, -0.2) is 49.1 Å². The highest BCUT2D eigenvalue weighted by Crippen LogP contribution is 2.27. The van der Waals surface area contributed by atoms with E-state index in [4.69, 9.17) is 5.73 Å². The van der Waals surface area contributed by atoms with Crippen LogP contribution in [0.15, 0.2) is 18.2 Å². The third kappa shape index (κ3) is 3.82. The van der Waals surface area contributed by atoms with Crippen LogP contribution in [0.1, 0.15) is 36.9 Å². The Morgan fingerprint density at radius 2 is 2.14 bits per heavy atom. The lowest BCUT2D eigenvalue weighted by Crippen LogP contribution is -2.44. The number of nitrogens with zero attached hydrogens (tertiary/aromatic N) is 2. The van der Waals surface area contributed by atoms with Crippen molar-refractivity contribution < 1.29 is 4.39 Å². The molecule has 0 spiro atoms. The normalized spacial score (nSPS) is 23.0. The largest absolute Gasteiger partial charge is 0.329 e. The quantitative estimate of drug-likeness (QED) is 0.926. The van der Waals surface area contributed by atoms with Crippen molar-refractivity contribution in [3.05, 3.63) is 35.1 Å². The molecule has 2 atom stereocenters. The lowest BCUT2D eigenvalue weighted by molar-refractivity contribution is 0.131. The van der Waals surface area contributed by atoms with Crippen LogP contribution in [-0.2, 0) is 0 Å². The molecule has 2 unspecified atom stereocenters. The SMILES string of the molecule is CCC1CN(C)CCCN1C(CN)c1ccc(C)c(F)c1. The monoisotopic (exact) mass is 293 g/mol. The summed E-state index contributed by atoms with van der Waals surface area (Å²) in [4.78, 5) is 4.87. The average Bonchev–Trinajstić information content (AvgIpc) is 2.65. The van der Waals surface area contributed by atoms with Crippen LogP contribution < -0.4 is 5.73 Å². The lowest BCUT2D eigenvalue weighted by atomic mass is 10.0. The van der Waals surface area contributed by atoms with Crippen molar-refractivity contribution in [2.75, 3.05) is 33.2 Å². The summed E-state index contributed by atoms with van der Waals surface area (Å²) in [6.07, 6.45) is 2.23. The van der Waals surface area contributed by atoms with Gasteiger partial charge in [-0.05, 0) is 50.6 Å². The molecule has 0 bridgehead atoms. The Bertz CT molecular complexity index is 463. The summed E-state index contributed by atoms with van der Waals surface area (Å²) in [6, 6.07) is 6.14. The summed E-state index contributed by atoms with van der Waals surface area (Å²) in [6.45, 7) is 7.75. The highest BCUT2D eigenvalue weighted by molar-refractivity contribution is 5.26. The van der Waals surface area contributed by atoms with Crippen molar-refractivity contribution in [3.8, 4) is 0 Å². The number of aryl methyl sites for hydroxylation is 1. The first-order valence-corrected chi connectivity index (χ1v) is 7.97. The second-order valence-electron chi connectivity index (χ2n) is 6.18. The summed E-state index contributed by atoms with van der Waals surface area (Å²) < 4.78 is 13.9. The molecule has 1 saturated heterocycles. The van der Waals surface area contributed by atoms with E-state index < -0.39 is 0 Å². The van der Waals surface area contributed by atoms with E-state index >= 15 is 0 Å². The minimum atomic E-state index is -0.133. The van der Waals surface area contributed by atoms with Gasteiger partial charge in [-0.3, -0.25) is 4.90 Å². The zero-order chi connectivity index (χ0) is 15.4. The van der Waals surface area contributed by atoms with Crippen molar-refractivity contribution in [2.24, 2.45) is 5.73 Å². The van der Waals surface area contributed by atoms with Crippen molar-refractivity contribution in [1.29, 1.82) is 0 Å². The molecule has 1 heterocycles. The van der Waals surface area contributed by atoms with Crippen LogP contribution in [0.2, 0.25) is 0 Å². The van der Waals surface area contributed by atoms with Crippen molar-refractivity contribution in [2.45, 2.75) is 38.8 Å². The Hall–Kier alpha value is -0.970. The summed E-state index contributed by atoms with van der Waals surface area (Å²) in [7, 11) is 2.18. The maximum absolute atomic E-state index is 13.9. The molecule has 2 N–H and O–H groups in total. The molecule has 1 fully saturated rings. The Morgan fingerprint density at radius 3 is 2.76 bits per heavy atom. The van der Waals surface area contributed by atoms with Crippen molar-refractivity contribution in [3.63, 3.8) is 0 Å². The van der Waals surface area contributed by atoms with E-state index in [1.807, 2.05) is 12.1 Å². The van der Waals surface area contributed by atoms with Gasteiger partial charge in [0.2, 0.25) is 0 Å². The standard InChI is InChI=1S/C17H28FN3/c1-4-15-12-20(3)8-5-9-21(15)17(11-19)14-7-6-13(2)16(18)10-14/h6-7,10,15,17H,4-5,8-9,11-12,19H2,1-3H3. The molecule has 1 aliphatic heterocycles. The van der Waals surface area contributed by atoms with E-state index in [2.05, 4.69) is 23.8 Å². The third-order valence-corrected chi connectivity index (χ3v) is 4.62. The molecule has 0 saturated carbocycles. The maximum Gasteiger partial charge on any atom is 0.126 e. The first-order valence-electron chi connectivity index (χ1n) is 7.97. The number of nitrogens with two attached hydrogens (primary N) is 1. The molecule has 1 aliphatic rings. The Kier molecular flexibility index (Phi) is 5.73. The highest BCUT2D eigenvalue weighted by Gasteiger charge is 2.28. The summed E-state index contributed by atoms with van der Waals surface area (Å²) in [5, 5.41) is 0. The number of likely N-dealkylation sites (N-methyl/N-ethyl adjacent to an activating group) is 1. The molecule has 1 aromatic carbocycles. The fraction of sp³-hybridized carbons (Fsp3) is 0.647. The maximum atomic E-state index is 13.9. The molecule has 4 heteroatoms. The van der Waals surface area contributed by atoms with E-state index in [1.54, 1.807) is 13.0 Å². The average molecular weight is 293 g/mol. The zero-order valence-electron chi connectivity index (χ0n) is 13.5. The Balaban J connectivity index is 2.27. The Labute approximate surface area is 127 Å². The smallest absolute Gasteiger partial charge is 0.126 e. The van der Waals surface area contributed by atoms with E-state index in [0.717, 1.165) is 38.0 Å². The number of hydrogen-bond acceptors (Lipinski definition) is 3. The number of rotatable bonds is 4. The van der Waals surface area contributed by atoms with Crippen LogP contribution in [0.3, 0.4) is 0 Å². The van der Waals surface area contributed by atoms with Crippen LogP contribution in [0, 0.1) is 12.7 Å². The Morgan fingerprint density at radius 1 is 1.38 bits per heavy atom. The lowest BCUT2D eigenvalue weighted by Gasteiger charge is -2.37. The molecule has 3 nitrogen and oxygen atoms in total. The topological polar surface area (TPSA) is 32.5 Å². The fourth-order valence-corrected chi connectivity index (χ4v) is 3.31. The summed E-state index contributed by atoms with van der Waals surface area (Å²) >= 11 is 0. The minimum Gasteiger partial charge on any atom is -0.329 e. The van der Waals surface area contributed by atoms with Crippen LogP contribution >= 0.6 is 0 Å². The van der Waals surface area contributed by atoms with E-state index in [0.29, 0.717) is 18.2 Å². The second-order valence-corrected chi connectivity index (χ2v) is 6.18. The van der Waals surface area contributed by atoms with Gasteiger partial charge in [0.1, 0.15) is 5.82 Å². The van der Waals surface area contributed by atoms with E-state index in [9.17, 15) is 4.39 Å². The molecule has 21 heavy (non-hydrogen) atoms. The van der Waals surface area contributed by atoms with Crippen LogP contribution in [0.4, 0.5) is 4.39 Å².